The third-order valence-corrected chi connectivity index (χ3v) is 2.18. The summed E-state index contributed by atoms with van der Waals surface area (Å²) in [6.45, 7) is 0. The van der Waals surface area contributed by atoms with Gasteiger partial charge in [-0.25, -0.2) is 13.8 Å². The lowest BCUT2D eigenvalue weighted by molar-refractivity contribution is 0.571. The van der Waals surface area contributed by atoms with E-state index in [-0.39, 0.29) is 17.8 Å². The van der Waals surface area contributed by atoms with E-state index in [4.69, 9.17) is 0 Å². The number of nitrogens with one attached hydrogen (secondary N) is 1. The molecule has 3 nitrogen and oxygen atoms in total. The minimum atomic E-state index is -1.01. The summed E-state index contributed by atoms with van der Waals surface area (Å²) in [6.07, 6.45) is 0.719. The minimum Gasteiger partial charge on any atom is -0.308 e. The molecule has 17 heavy (non-hydrogen) atoms. The number of benzene rings is 1. The van der Waals surface area contributed by atoms with Crippen LogP contribution in [0.2, 0.25) is 0 Å². The molecule has 6 heteroatoms. The fourth-order valence-electron chi connectivity index (χ4n) is 1.35. The molecule has 0 aliphatic carbocycles. The molecule has 0 amide bonds. The van der Waals surface area contributed by atoms with Crippen LogP contribution in [0.1, 0.15) is 11.4 Å². The van der Waals surface area contributed by atoms with E-state index in [0.29, 0.717) is 0 Å². The van der Waals surface area contributed by atoms with E-state index >= 15 is 0 Å². The summed E-state index contributed by atoms with van der Waals surface area (Å²) in [5.41, 5.74) is -0.751. The van der Waals surface area contributed by atoms with E-state index in [1.807, 2.05) is 0 Å². The van der Waals surface area contributed by atoms with Crippen LogP contribution in [0.25, 0.3) is 0 Å². The normalized spacial score (nSPS) is 10.5. The van der Waals surface area contributed by atoms with E-state index in [2.05, 4.69) is 9.97 Å². The topological polar surface area (TPSA) is 45.8 Å². The molecule has 1 heterocycles. The van der Waals surface area contributed by atoms with Crippen LogP contribution >= 0.6 is 0 Å². The summed E-state index contributed by atoms with van der Waals surface area (Å²) in [6, 6.07) is 3.07. The van der Waals surface area contributed by atoms with Crippen molar-refractivity contribution in [1.29, 1.82) is 0 Å². The number of nitrogens with zero attached hydrogens (tertiary/aromatic N) is 1. The van der Waals surface area contributed by atoms with Crippen LogP contribution < -0.4 is 5.56 Å². The maximum atomic E-state index is 13.3. The molecule has 0 unspecified atom stereocenters. The molecule has 0 saturated heterocycles. The maximum Gasteiger partial charge on any atom is 0.286 e. The Morgan fingerprint density at radius 3 is 2.59 bits per heavy atom. The number of rotatable bonds is 2. The number of aromatic amines is 1. The Balaban J connectivity index is 2.31. The van der Waals surface area contributed by atoms with E-state index < -0.39 is 23.0 Å². The first kappa shape index (κ1) is 11.4. The van der Waals surface area contributed by atoms with E-state index in [9.17, 15) is 18.0 Å². The molecule has 0 radical (unpaired) electrons. The first-order valence-electron chi connectivity index (χ1n) is 4.74. The predicted octanol–water partition coefficient (Wildman–Crippen LogP) is 1.78. The molecule has 0 atom stereocenters. The van der Waals surface area contributed by atoms with Gasteiger partial charge in [-0.2, -0.15) is 4.39 Å². The Kier molecular flexibility index (Phi) is 2.95. The molecule has 0 bridgehead atoms. The zero-order valence-electron chi connectivity index (χ0n) is 8.51. The zero-order chi connectivity index (χ0) is 12.4. The first-order chi connectivity index (χ1) is 8.06. The summed E-state index contributed by atoms with van der Waals surface area (Å²) in [5, 5.41) is 0. The Morgan fingerprint density at radius 1 is 1.18 bits per heavy atom. The standard InChI is InChI=1S/C11H7F3N2O/c12-7-2-1-6(8(13)4-7)3-10-15-5-9(14)11(17)16-10/h1-2,4-5H,3H2,(H,15,16,17). The summed E-state index contributed by atoms with van der Waals surface area (Å²) in [7, 11) is 0. The lowest BCUT2D eigenvalue weighted by Gasteiger charge is -2.02. The Labute approximate surface area is 94.0 Å². The van der Waals surface area contributed by atoms with Crippen molar-refractivity contribution in [3.63, 3.8) is 0 Å². The van der Waals surface area contributed by atoms with Crippen molar-refractivity contribution in [3.8, 4) is 0 Å². The van der Waals surface area contributed by atoms with E-state index in [0.717, 1.165) is 18.3 Å². The molecule has 1 aromatic carbocycles. The van der Waals surface area contributed by atoms with Crippen molar-refractivity contribution in [1.82, 2.24) is 9.97 Å². The number of aromatic nitrogens is 2. The lowest BCUT2D eigenvalue weighted by atomic mass is 10.1. The number of hydrogen-bond acceptors (Lipinski definition) is 2. The van der Waals surface area contributed by atoms with Crippen LogP contribution in [-0.4, -0.2) is 9.97 Å². The number of halogens is 3. The van der Waals surface area contributed by atoms with Gasteiger partial charge in [0.1, 0.15) is 17.5 Å². The van der Waals surface area contributed by atoms with Gasteiger partial charge in [-0.1, -0.05) is 6.07 Å². The first-order valence-corrected chi connectivity index (χ1v) is 4.74. The minimum absolute atomic E-state index is 0.0400. The van der Waals surface area contributed by atoms with Gasteiger partial charge in [0.15, 0.2) is 0 Å². The summed E-state index contributed by atoms with van der Waals surface area (Å²) < 4.78 is 38.6. The maximum absolute atomic E-state index is 13.3. The van der Waals surface area contributed by atoms with Gasteiger partial charge in [-0.05, 0) is 11.6 Å². The van der Waals surface area contributed by atoms with Gasteiger partial charge < -0.3 is 4.98 Å². The van der Waals surface area contributed by atoms with E-state index in [1.54, 1.807) is 0 Å². The molecular weight excluding hydrogens is 233 g/mol. The second-order valence-corrected chi connectivity index (χ2v) is 3.42. The monoisotopic (exact) mass is 240 g/mol. The van der Waals surface area contributed by atoms with Gasteiger partial charge in [0.2, 0.25) is 5.82 Å². The molecular formula is C11H7F3N2O. The fourth-order valence-corrected chi connectivity index (χ4v) is 1.35. The summed E-state index contributed by atoms with van der Waals surface area (Å²) in [5.74, 6) is -2.32. The molecule has 2 aromatic rings. The molecule has 0 spiro atoms. The van der Waals surface area contributed by atoms with E-state index in [1.165, 1.54) is 6.07 Å². The van der Waals surface area contributed by atoms with Crippen LogP contribution in [0.3, 0.4) is 0 Å². The van der Waals surface area contributed by atoms with Gasteiger partial charge in [-0.3, -0.25) is 4.79 Å². The largest absolute Gasteiger partial charge is 0.308 e. The highest BCUT2D eigenvalue weighted by atomic mass is 19.1. The van der Waals surface area contributed by atoms with Gasteiger partial charge in [0, 0.05) is 12.5 Å². The molecule has 1 N–H and O–H groups in total. The van der Waals surface area contributed by atoms with Crippen LogP contribution in [0, 0.1) is 17.5 Å². The average molecular weight is 240 g/mol. The average Bonchev–Trinajstić information content (AvgIpc) is 2.27. The van der Waals surface area contributed by atoms with Crippen molar-refractivity contribution < 1.29 is 13.2 Å². The fraction of sp³-hybridized carbons (Fsp3) is 0.0909. The molecule has 88 valence electrons. The predicted molar refractivity (Wildman–Crippen MR) is 54.0 cm³/mol. The molecule has 1 aromatic heterocycles. The SMILES string of the molecule is O=c1[nH]c(Cc2ccc(F)cc2F)ncc1F. The quantitative estimate of drug-likeness (QED) is 0.869. The third kappa shape index (κ3) is 2.52. The van der Waals surface area contributed by atoms with Gasteiger partial charge in [-0.15, -0.1) is 0 Å². The molecule has 0 saturated carbocycles. The zero-order valence-corrected chi connectivity index (χ0v) is 8.51. The summed E-state index contributed by atoms with van der Waals surface area (Å²) in [4.78, 5) is 16.7. The van der Waals surface area contributed by atoms with Crippen LogP contribution in [0.5, 0.6) is 0 Å². The summed E-state index contributed by atoms with van der Waals surface area (Å²) >= 11 is 0. The Hall–Kier alpha value is -2.11. The Bertz CT molecular complexity index is 610. The molecule has 0 aliphatic heterocycles. The van der Waals surface area contributed by atoms with Crippen molar-refractivity contribution in [2.75, 3.05) is 0 Å². The van der Waals surface area contributed by atoms with Crippen molar-refractivity contribution >= 4 is 0 Å². The van der Waals surface area contributed by atoms with Crippen LogP contribution in [0.4, 0.5) is 13.2 Å². The van der Waals surface area contributed by atoms with Crippen LogP contribution in [0.15, 0.2) is 29.2 Å². The highest BCUT2D eigenvalue weighted by Crippen LogP contribution is 2.12. The number of H-pyrrole nitrogens is 1. The highest BCUT2D eigenvalue weighted by Gasteiger charge is 2.07. The lowest BCUT2D eigenvalue weighted by Crippen LogP contribution is -2.15. The van der Waals surface area contributed by atoms with Crippen molar-refractivity contribution in [2.24, 2.45) is 0 Å². The second kappa shape index (κ2) is 4.40. The molecule has 0 fully saturated rings. The van der Waals surface area contributed by atoms with Gasteiger partial charge in [0.05, 0.1) is 6.20 Å². The van der Waals surface area contributed by atoms with Gasteiger partial charge in [0.25, 0.3) is 5.56 Å². The Morgan fingerprint density at radius 2 is 1.94 bits per heavy atom. The van der Waals surface area contributed by atoms with Gasteiger partial charge >= 0.3 is 0 Å². The smallest absolute Gasteiger partial charge is 0.286 e. The third-order valence-electron chi connectivity index (χ3n) is 2.18. The highest BCUT2D eigenvalue weighted by molar-refractivity contribution is 5.21. The molecule has 0 aliphatic rings. The van der Waals surface area contributed by atoms with Crippen molar-refractivity contribution in [3.05, 3.63) is 63.6 Å². The molecule has 2 rings (SSSR count). The second-order valence-electron chi connectivity index (χ2n) is 3.42. The van der Waals surface area contributed by atoms with Crippen molar-refractivity contribution in [2.45, 2.75) is 6.42 Å². The van der Waals surface area contributed by atoms with Crippen LogP contribution in [-0.2, 0) is 6.42 Å². The number of hydrogen-bond donors (Lipinski definition) is 1.